The maximum atomic E-state index is 13.1. The van der Waals surface area contributed by atoms with Crippen LogP contribution in [0.5, 0.6) is 0 Å². The lowest BCUT2D eigenvalue weighted by Gasteiger charge is -2.41. The average molecular weight is 465 g/mol. The number of rotatable bonds is 5. The molecule has 1 aromatic rings. The third-order valence-electron chi connectivity index (χ3n) is 4.26. The van der Waals surface area contributed by atoms with E-state index in [0.717, 1.165) is 18.4 Å². The number of ether oxygens (including phenoxy) is 1. The van der Waals surface area contributed by atoms with Crippen molar-refractivity contribution in [2.24, 2.45) is 0 Å². The fraction of sp³-hybridized carbons (Fsp3) is 0.667. The molecule has 1 aromatic carbocycles. The van der Waals surface area contributed by atoms with Crippen molar-refractivity contribution in [2.75, 3.05) is 0 Å². The molecule has 1 heterocycles. The molecule has 136 valence electrons. The van der Waals surface area contributed by atoms with E-state index in [4.69, 9.17) is 4.74 Å². The predicted molar refractivity (Wildman–Crippen MR) is 107 cm³/mol. The average Bonchev–Trinajstić information content (AvgIpc) is 2.54. The van der Waals surface area contributed by atoms with E-state index in [0.29, 0.717) is 6.54 Å². The maximum Gasteiger partial charge on any atom is 0.166 e. The van der Waals surface area contributed by atoms with E-state index >= 15 is 0 Å². The van der Waals surface area contributed by atoms with Crippen molar-refractivity contribution in [2.45, 2.75) is 74.2 Å². The van der Waals surface area contributed by atoms with Gasteiger partial charge in [-0.25, -0.2) is 0 Å². The first-order valence-electron chi connectivity index (χ1n) is 8.40. The number of aliphatic hydroxyl groups excluding tert-OH is 1. The third-order valence-corrected chi connectivity index (χ3v) is 7.43. The van der Waals surface area contributed by atoms with Gasteiger partial charge in [-0.1, -0.05) is 52.9 Å². The normalized spacial score (nSPS) is 27.9. The monoisotopic (exact) mass is 465 g/mol. The van der Waals surface area contributed by atoms with Crippen LogP contribution in [0.15, 0.2) is 30.3 Å². The molecule has 24 heavy (non-hydrogen) atoms. The van der Waals surface area contributed by atoms with Crippen molar-refractivity contribution < 1.29 is 14.4 Å². The van der Waals surface area contributed by atoms with E-state index in [9.17, 15) is 9.66 Å². The van der Waals surface area contributed by atoms with Gasteiger partial charge in [-0.15, -0.1) is 4.31 Å². The van der Waals surface area contributed by atoms with Gasteiger partial charge in [0.05, 0.1) is 22.6 Å². The Balaban J connectivity index is 2.18. The lowest BCUT2D eigenvalue weighted by Crippen LogP contribution is -2.53. The second kappa shape index (κ2) is 8.68. The fourth-order valence-corrected chi connectivity index (χ4v) is 4.74. The molecule has 1 fully saturated rings. The van der Waals surface area contributed by atoms with Crippen molar-refractivity contribution in [3.63, 3.8) is 0 Å². The van der Waals surface area contributed by atoms with Crippen LogP contribution in [0.25, 0.3) is 0 Å². The van der Waals surface area contributed by atoms with Gasteiger partial charge < -0.3 is 14.4 Å². The van der Waals surface area contributed by atoms with Crippen LogP contribution in [0.4, 0.5) is 0 Å². The highest BCUT2D eigenvalue weighted by Crippen LogP contribution is 2.31. The highest BCUT2D eigenvalue weighted by molar-refractivity contribution is 14.1. The van der Waals surface area contributed by atoms with Gasteiger partial charge in [0.2, 0.25) is 0 Å². The molecule has 0 saturated carbocycles. The molecule has 1 aliphatic heterocycles. The van der Waals surface area contributed by atoms with Crippen LogP contribution in [-0.2, 0) is 22.6 Å². The molecule has 6 heteroatoms. The second-order valence-electron chi connectivity index (χ2n) is 7.32. The summed E-state index contributed by atoms with van der Waals surface area (Å²) in [5, 5.41) is 10.0. The molecule has 0 spiro atoms. The Morgan fingerprint density at radius 2 is 1.96 bits per heavy atom. The van der Waals surface area contributed by atoms with E-state index in [2.05, 4.69) is 41.6 Å². The number of halogens is 1. The van der Waals surface area contributed by atoms with Gasteiger partial charge in [0.1, 0.15) is 4.75 Å². The summed E-state index contributed by atoms with van der Waals surface area (Å²) in [5.74, 6) is 0. The largest absolute Gasteiger partial charge is 0.597 e. The second-order valence-corrected chi connectivity index (χ2v) is 11.1. The number of nitrogens with zero attached hydrogens (tertiary/aromatic N) is 1. The molecule has 0 bridgehead atoms. The molecule has 1 saturated heterocycles. The molecule has 0 radical (unpaired) electrons. The van der Waals surface area contributed by atoms with Gasteiger partial charge in [-0.3, -0.25) is 0 Å². The first-order chi connectivity index (χ1) is 11.2. The summed E-state index contributed by atoms with van der Waals surface area (Å²) in [7, 11) is 0. The summed E-state index contributed by atoms with van der Waals surface area (Å²) in [6, 6.07) is 10.1. The fourth-order valence-electron chi connectivity index (χ4n) is 2.81. The van der Waals surface area contributed by atoms with Crippen molar-refractivity contribution >= 4 is 34.0 Å². The Kier molecular flexibility index (Phi) is 7.40. The summed E-state index contributed by atoms with van der Waals surface area (Å²) in [6.07, 6.45) is 0.936. The lowest BCUT2D eigenvalue weighted by atomic mass is 10.0. The molecule has 1 N–H and O–H groups in total. The quantitative estimate of drug-likeness (QED) is 0.410. The predicted octanol–water partition coefficient (Wildman–Crippen LogP) is 3.64. The Morgan fingerprint density at radius 3 is 2.50 bits per heavy atom. The summed E-state index contributed by atoms with van der Waals surface area (Å²) >= 11 is 1.07. The van der Waals surface area contributed by atoms with E-state index in [1.165, 1.54) is 0 Å². The van der Waals surface area contributed by atoms with Crippen molar-refractivity contribution in [3.8, 4) is 0 Å². The van der Waals surface area contributed by atoms with Gasteiger partial charge in [0, 0.05) is 11.4 Å². The van der Waals surface area contributed by atoms with Crippen molar-refractivity contribution in [1.82, 2.24) is 4.31 Å². The smallest absolute Gasteiger partial charge is 0.166 e. The molecule has 2 rings (SSSR count). The Hall–Kier alpha value is 0.140. The van der Waals surface area contributed by atoms with Crippen LogP contribution in [0.2, 0.25) is 0 Å². The standard InChI is InChI=1S/C18H28INO3S/c1-13(16-11-10-15(19)17(21)23-16)20(24(22)18(2,3)4)12-14-8-6-5-7-9-14/h5-9,13,15-17,21H,10-12H2,1-4H3/t13-,15?,16-,17?,24-/m0/s1. The zero-order chi connectivity index (χ0) is 17.9. The van der Waals surface area contributed by atoms with Gasteiger partial charge in [-0.2, -0.15) is 0 Å². The van der Waals surface area contributed by atoms with Gasteiger partial charge >= 0.3 is 0 Å². The summed E-state index contributed by atoms with van der Waals surface area (Å²) in [5.41, 5.74) is 1.13. The van der Waals surface area contributed by atoms with Crippen molar-refractivity contribution in [1.29, 1.82) is 0 Å². The number of aliphatic hydroxyl groups is 1. The van der Waals surface area contributed by atoms with Crippen LogP contribution in [0.3, 0.4) is 0 Å². The highest BCUT2D eigenvalue weighted by atomic mass is 127. The van der Waals surface area contributed by atoms with Crippen LogP contribution in [0, 0.1) is 0 Å². The van der Waals surface area contributed by atoms with Gasteiger partial charge in [-0.05, 0) is 46.1 Å². The molecule has 0 amide bonds. The summed E-state index contributed by atoms with van der Waals surface area (Å²) < 4.78 is 20.7. The Bertz CT molecular complexity index is 511. The molecule has 1 aliphatic rings. The number of hydrogen-bond donors (Lipinski definition) is 1. The SMILES string of the molecule is C[C@@H]([C@@H]1CCC(I)C(O)O1)N(Cc1ccccc1)[S@@+]([O-])C(C)(C)C. The first kappa shape index (κ1) is 20.5. The van der Waals surface area contributed by atoms with E-state index in [1.54, 1.807) is 0 Å². The minimum Gasteiger partial charge on any atom is -0.597 e. The molecule has 5 atom stereocenters. The van der Waals surface area contributed by atoms with Crippen molar-refractivity contribution in [3.05, 3.63) is 35.9 Å². The Morgan fingerprint density at radius 1 is 1.33 bits per heavy atom. The minimum absolute atomic E-state index is 0.0381. The van der Waals surface area contributed by atoms with E-state index in [-0.39, 0.29) is 20.8 Å². The van der Waals surface area contributed by atoms with Crippen LogP contribution in [0.1, 0.15) is 46.1 Å². The topological polar surface area (TPSA) is 55.8 Å². The van der Waals surface area contributed by atoms with Crippen LogP contribution in [-0.4, -0.2) is 41.1 Å². The van der Waals surface area contributed by atoms with Crippen LogP contribution >= 0.6 is 22.6 Å². The zero-order valence-corrected chi connectivity index (χ0v) is 17.8. The molecule has 0 aliphatic carbocycles. The number of benzene rings is 1. The third kappa shape index (κ3) is 5.32. The zero-order valence-electron chi connectivity index (χ0n) is 14.8. The molecular formula is C18H28INO3S. The summed E-state index contributed by atoms with van der Waals surface area (Å²) in [6.45, 7) is 8.63. The lowest BCUT2D eigenvalue weighted by molar-refractivity contribution is -0.168. The molecule has 4 nitrogen and oxygen atoms in total. The Labute approximate surface area is 162 Å². The molecule has 2 unspecified atom stereocenters. The number of alkyl halides is 1. The summed E-state index contributed by atoms with van der Waals surface area (Å²) in [4.78, 5) is 0. The molecule has 0 aromatic heterocycles. The minimum atomic E-state index is -1.16. The van der Waals surface area contributed by atoms with E-state index < -0.39 is 17.7 Å². The van der Waals surface area contributed by atoms with Gasteiger partial charge in [0.25, 0.3) is 0 Å². The highest BCUT2D eigenvalue weighted by Gasteiger charge is 2.41. The first-order valence-corrected chi connectivity index (χ1v) is 10.8. The molecular weight excluding hydrogens is 437 g/mol. The van der Waals surface area contributed by atoms with Crippen LogP contribution < -0.4 is 0 Å². The number of hydrogen-bond acceptors (Lipinski definition) is 4. The van der Waals surface area contributed by atoms with E-state index in [1.807, 2.05) is 43.3 Å². The van der Waals surface area contributed by atoms with Gasteiger partial charge in [0.15, 0.2) is 6.29 Å². The maximum absolute atomic E-state index is 13.1.